The molecule has 0 spiro atoms. The molecule has 5 heteroatoms. The van der Waals surface area contributed by atoms with Gasteiger partial charge in [-0.2, -0.15) is 0 Å². The minimum Gasteiger partial charge on any atom is -0.310 e. The molecule has 2 rings (SSSR count). The molecule has 0 bridgehead atoms. The quantitative estimate of drug-likeness (QED) is 0.798. The second kappa shape index (κ2) is 7.21. The van der Waals surface area contributed by atoms with Crippen LogP contribution < -0.4 is 5.32 Å². The van der Waals surface area contributed by atoms with E-state index in [1.807, 2.05) is 6.92 Å². The number of hydrogen-bond acceptors (Lipinski definition) is 1. The van der Waals surface area contributed by atoms with Crippen molar-refractivity contribution in [1.29, 1.82) is 0 Å². The molecule has 0 aliphatic carbocycles. The van der Waals surface area contributed by atoms with Crippen LogP contribution in [0.3, 0.4) is 0 Å². The summed E-state index contributed by atoms with van der Waals surface area (Å²) in [4.78, 5) is 0. The van der Waals surface area contributed by atoms with Crippen LogP contribution in [-0.4, -0.2) is 6.54 Å². The largest absolute Gasteiger partial charge is 0.310 e. The summed E-state index contributed by atoms with van der Waals surface area (Å²) < 4.78 is 26.8. The van der Waals surface area contributed by atoms with Gasteiger partial charge < -0.3 is 5.32 Å². The summed E-state index contributed by atoms with van der Waals surface area (Å²) in [6.45, 7) is 2.70. The first-order chi connectivity index (χ1) is 10.0. The average molecular weight is 330 g/mol. The van der Waals surface area contributed by atoms with Gasteiger partial charge in [0.05, 0.1) is 10.0 Å². The highest BCUT2D eigenvalue weighted by atomic mass is 35.5. The Labute approximate surface area is 132 Å². The molecule has 112 valence electrons. The Hall–Kier alpha value is -1.16. The Morgan fingerprint density at radius 1 is 1.00 bits per heavy atom. The Balaban J connectivity index is 2.25. The van der Waals surface area contributed by atoms with Crippen molar-refractivity contribution in [3.8, 4) is 0 Å². The van der Waals surface area contributed by atoms with Gasteiger partial charge in [-0.15, -0.1) is 0 Å². The zero-order valence-electron chi connectivity index (χ0n) is 11.5. The van der Waals surface area contributed by atoms with Crippen molar-refractivity contribution in [3.05, 3.63) is 69.2 Å². The summed E-state index contributed by atoms with van der Waals surface area (Å²) in [6.07, 6.45) is 0.578. The fourth-order valence-electron chi connectivity index (χ4n) is 2.19. The molecule has 0 radical (unpaired) electrons. The number of nitrogens with one attached hydrogen (secondary N) is 1. The molecule has 0 aliphatic heterocycles. The number of hydrogen-bond donors (Lipinski definition) is 1. The molecular weight excluding hydrogens is 315 g/mol. The molecule has 0 heterocycles. The predicted octanol–water partition coefficient (Wildman–Crippen LogP) is 5.16. The summed E-state index contributed by atoms with van der Waals surface area (Å²) >= 11 is 11.5. The number of likely N-dealkylation sites (N-methyl/N-ethyl adjacent to an activating group) is 1. The second-order valence-electron chi connectivity index (χ2n) is 4.74. The van der Waals surface area contributed by atoms with Crippen LogP contribution in [0.15, 0.2) is 36.4 Å². The van der Waals surface area contributed by atoms with Crippen LogP contribution >= 0.6 is 23.2 Å². The summed E-state index contributed by atoms with van der Waals surface area (Å²) in [5.74, 6) is -0.896. The Morgan fingerprint density at radius 3 is 2.38 bits per heavy atom. The highest BCUT2D eigenvalue weighted by Gasteiger charge is 2.14. The SMILES string of the molecule is CCNC(Cc1ccc(F)c(Cl)c1)c1ccc(Cl)c(F)c1. The van der Waals surface area contributed by atoms with Crippen LogP contribution in [-0.2, 0) is 6.42 Å². The minimum absolute atomic E-state index is 0.0880. The van der Waals surface area contributed by atoms with E-state index in [-0.39, 0.29) is 16.1 Å². The lowest BCUT2D eigenvalue weighted by atomic mass is 9.98. The molecule has 2 aromatic carbocycles. The van der Waals surface area contributed by atoms with Crippen LogP contribution in [0.2, 0.25) is 10.0 Å². The highest BCUT2D eigenvalue weighted by Crippen LogP contribution is 2.25. The van der Waals surface area contributed by atoms with Crippen LogP contribution in [0.5, 0.6) is 0 Å². The first-order valence-corrected chi connectivity index (χ1v) is 7.39. The third kappa shape index (κ3) is 4.16. The molecule has 1 unspecified atom stereocenters. The van der Waals surface area contributed by atoms with Crippen molar-refractivity contribution in [2.45, 2.75) is 19.4 Å². The standard InChI is InChI=1S/C16H15Cl2F2N/c1-2-21-16(11-4-5-12(17)15(20)9-11)8-10-3-6-14(19)13(18)7-10/h3-7,9,16,21H,2,8H2,1H3. The Morgan fingerprint density at radius 2 is 1.76 bits per heavy atom. The van der Waals surface area contributed by atoms with Gasteiger partial charge in [-0.05, 0) is 48.4 Å². The lowest BCUT2D eigenvalue weighted by Crippen LogP contribution is -2.23. The molecule has 1 atom stereocenters. The van der Waals surface area contributed by atoms with Gasteiger partial charge in [0.25, 0.3) is 0 Å². The molecule has 0 aliphatic rings. The van der Waals surface area contributed by atoms with Crippen LogP contribution in [0.1, 0.15) is 24.1 Å². The number of rotatable bonds is 5. The zero-order chi connectivity index (χ0) is 15.4. The first-order valence-electron chi connectivity index (χ1n) is 6.63. The Kier molecular flexibility index (Phi) is 5.57. The topological polar surface area (TPSA) is 12.0 Å². The normalized spacial score (nSPS) is 12.4. The van der Waals surface area contributed by atoms with Gasteiger partial charge in [0.15, 0.2) is 0 Å². The van der Waals surface area contributed by atoms with Gasteiger partial charge in [-0.1, -0.05) is 42.3 Å². The number of halogens is 4. The number of benzene rings is 2. The third-order valence-corrected chi connectivity index (χ3v) is 3.82. The van der Waals surface area contributed by atoms with Gasteiger partial charge in [-0.25, -0.2) is 8.78 Å². The smallest absolute Gasteiger partial charge is 0.142 e. The van der Waals surface area contributed by atoms with Gasteiger partial charge >= 0.3 is 0 Å². The van der Waals surface area contributed by atoms with Crippen LogP contribution in [0, 0.1) is 11.6 Å². The van der Waals surface area contributed by atoms with Crippen molar-refractivity contribution < 1.29 is 8.78 Å². The average Bonchev–Trinajstić information content (AvgIpc) is 2.45. The van der Waals surface area contributed by atoms with E-state index in [9.17, 15) is 8.78 Å². The maximum Gasteiger partial charge on any atom is 0.142 e. The summed E-state index contributed by atoms with van der Waals surface area (Å²) in [7, 11) is 0. The van der Waals surface area contributed by atoms with E-state index in [1.165, 1.54) is 18.2 Å². The van der Waals surface area contributed by atoms with Gasteiger partial charge in [0.1, 0.15) is 11.6 Å². The van der Waals surface area contributed by atoms with E-state index in [4.69, 9.17) is 23.2 Å². The lowest BCUT2D eigenvalue weighted by molar-refractivity contribution is 0.542. The van der Waals surface area contributed by atoms with Crippen LogP contribution in [0.4, 0.5) is 8.78 Å². The van der Waals surface area contributed by atoms with Gasteiger partial charge in [-0.3, -0.25) is 0 Å². The molecule has 0 amide bonds. The maximum atomic E-state index is 13.6. The molecule has 0 saturated carbocycles. The molecule has 21 heavy (non-hydrogen) atoms. The fraction of sp³-hybridized carbons (Fsp3) is 0.250. The van der Waals surface area contributed by atoms with Crippen molar-refractivity contribution in [1.82, 2.24) is 5.32 Å². The zero-order valence-corrected chi connectivity index (χ0v) is 13.0. The molecule has 0 saturated heterocycles. The van der Waals surface area contributed by atoms with E-state index in [1.54, 1.807) is 18.2 Å². The molecule has 0 aromatic heterocycles. The van der Waals surface area contributed by atoms with E-state index in [0.717, 1.165) is 17.7 Å². The van der Waals surface area contributed by atoms with Crippen molar-refractivity contribution in [2.75, 3.05) is 6.54 Å². The molecule has 1 N–H and O–H groups in total. The van der Waals surface area contributed by atoms with Crippen LogP contribution in [0.25, 0.3) is 0 Å². The highest BCUT2D eigenvalue weighted by molar-refractivity contribution is 6.31. The summed E-state index contributed by atoms with van der Waals surface area (Å²) in [5, 5.41) is 3.47. The van der Waals surface area contributed by atoms with Crippen molar-refractivity contribution >= 4 is 23.2 Å². The molecule has 2 aromatic rings. The molecule has 0 fully saturated rings. The monoisotopic (exact) mass is 329 g/mol. The van der Waals surface area contributed by atoms with Crippen molar-refractivity contribution in [3.63, 3.8) is 0 Å². The summed E-state index contributed by atoms with van der Waals surface area (Å²) in [6, 6.07) is 9.25. The van der Waals surface area contributed by atoms with Gasteiger partial charge in [0, 0.05) is 6.04 Å². The molecule has 1 nitrogen and oxygen atoms in total. The van der Waals surface area contributed by atoms with E-state index in [2.05, 4.69) is 5.32 Å². The van der Waals surface area contributed by atoms with Crippen molar-refractivity contribution in [2.24, 2.45) is 0 Å². The Bertz CT molecular complexity index is 632. The second-order valence-corrected chi connectivity index (χ2v) is 5.55. The third-order valence-electron chi connectivity index (χ3n) is 3.22. The lowest BCUT2D eigenvalue weighted by Gasteiger charge is -2.19. The molecular formula is C16H15Cl2F2N. The first kappa shape index (κ1) is 16.2. The van der Waals surface area contributed by atoms with E-state index < -0.39 is 11.6 Å². The summed E-state index contributed by atoms with van der Waals surface area (Å²) in [5.41, 5.74) is 1.67. The fourth-order valence-corrected chi connectivity index (χ4v) is 2.51. The van der Waals surface area contributed by atoms with Gasteiger partial charge in [0.2, 0.25) is 0 Å². The van der Waals surface area contributed by atoms with E-state index in [0.29, 0.717) is 6.42 Å². The minimum atomic E-state index is -0.450. The maximum absolute atomic E-state index is 13.6. The predicted molar refractivity (Wildman–Crippen MR) is 82.9 cm³/mol. The van der Waals surface area contributed by atoms with E-state index >= 15 is 0 Å².